The summed E-state index contributed by atoms with van der Waals surface area (Å²) in [5, 5.41) is 11.0. The van der Waals surface area contributed by atoms with Gasteiger partial charge < -0.3 is 4.90 Å². The minimum Gasteiger partial charge on any atom is -0.338 e. The Bertz CT molecular complexity index is 767. The summed E-state index contributed by atoms with van der Waals surface area (Å²) in [6.07, 6.45) is -0.0966. The van der Waals surface area contributed by atoms with Crippen molar-refractivity contribution in [1.82, 2.24) is 4.90 Å². The van der Waals surface area contributed by atoms with Crippen LogP contribution in [-0.2, 0) is 17.8 Å². The fraction of sp³-hybridized carbons (Fsp3) is 0.235. The van der Waals surface area contributed by atoms with E-state index >= 15 is 0 Å². The Morgan fingerprint density at radius 2 is 1.96 bits per heavy atom. The molecule has 0 bridgehead atoms. The second kappa shape index (κ2) is 8.01. The Morgan fingerprint density at radius 1 is 1.25 bits per heavy atom. The van der Waals surface area contributed by atoms with Crippen molar-refractivity contribution in [2.24, 2.45) is 0 Å². The predicted molar refractivity (Wildman–Crippen MR) is 92.0 cm³/mol. The van der Waals surface area contributed by atoms with Gasteiger partial charge in [0.1, 0.15) is 5.82 Å². The number of hydrogen-bond donors (Lipinski definition) is 0. The third-order valence-electron chi connectivity index (χ3n) is 3.63. The van der Waals surface area contributed by atoms with Gasteiger partial charge in [-0.2, -0.15) is 0 Å². The summed E-state index contributed by atoms with van der Waals surface area (Å²) in [6.45, 7) is 2.28. The zero-order valence-electron chi connectivity index (χ0n) is 13.0. The summed E-state index contributed by atoms with van der Waals surface area (Å²) in [5.74, 6) is -0.679. The van der Waals surface area contributed by atoms with Crippen LogP contribution in [0, 0.1) is 15.9 Å². The van der Waals surface area contributed by atoms with Crippen LogP contribution in [0.5, 0.6) is 0 Å². The maximum Gasteiger partial charge on any atom is 0.273 e. The van der Waals surface area contributed by atoms with Crippen molar-refractivity contribution in [3.8, 4) is 0 Å². The molecule has 0 saturated carbocycles. The number of nitro benzene ring substituents is 1. The van der Waals surface area contributed by atoms with E-state index in [1.165, 1.54) is 17.0 Å². The van der Waals surface area contributed by atoms with Crippen LogP contribution in [0.15, 0.2) is 46.9 Å². The zero-order valence-corrected chi connectivity index (χ0v) is 14.6. The van der Waals surface area contributed by atoms with Crippen LogP contribution >= 0.6 is 15.9 Å². The largest absolute Gasteiger partial charge is 0.338 e. The number of para-hydroxylation sites is 1. The first-order valence-corrected chi connectivity index (χ1v) is 8.15. The molecule has 2 aromatic rings. The molecule has 7 heteroatoms. The van der Waals surface area contributed by atoms with E-state index < -0.39 is 10.7 Å². The van der Waals surface area contributed by atoms with Gasteiger partial charge in [-0.15, -0.1) is 0 Å². The quantitative estimate of drug-likeness (QED) is 0.547. The first kappa shape index (κ1) is 18.1. The average Bonchev–Trinajstić information content (AvgIpc) is 2.55. The lowest BCUT2D eigenvalue weighted by atomic mass is 10.1. The van der Waals surface area contributed by atoms with E-state index in [4.69, 9.17) is 0 Å². The van der Waals surface area contributed by atoms with Crippen LogP contribution in [0.4, 0.5) is 10.1 Å². The van der Waals surface area contributed by atoms with E-state index in [1.807, 2.05) is 0 Å². The molecule has 0 saturated heterocycles. The molecular formula is C17H16BrFN2O3. The van der Waals surface area contributed by atoms with Gasteiger partial charge in [0, 0.05) is 34.8 Å². The number of rotatable bonds is 6. The number of carbonyl (C=O) groups excluding carboxylic acids is 1. The molecule has 0 fully saturated rings. The van der Waals surface area contributed by atoms with E-state index in [1.54, 1.807) is 37.3 Å². The predicted octanol–water partition coefficient (Wildman–Crippen LogP) is 4.09. The molecule has 2 aromatic carbocycles. The van der Waals surface area contributed by atoms with Gasteiger partial charge in [-0.3, -0.25) is 14.9 Å². The maximum absolute atomic E-state index is 13.9. The third kappa shape index (κ3) is 4.38. The lowest BCUT2D eigenvalue weighted by Gasteiger charge is -2.21. The number of benzene rings is 2. The van der Waals surface area contributed by atoms with Crippen molar-refractivity contribution in [1.29, 1.82) is 0 Å². The fourth-order valence-corrected chi connectivity index (χ4v) is 2.77. The Labute approximate surface area is 147 Å². The SMILES string of the molecule is CCN(Cc1cc(Br)ccc1F)C(=O)Cc1ccccc1[N+](=O)[O-]. The van der Waals surface area contributed by atoms with Gasteiger partial charge in [0.2, 0.25) is 5.91 Å². The van der Waals surface area contributed by atoms with Crippen LogP contribution in [0.25, 0.3) is 0 Å². The highest BCUT2D eigenvalue weighted by molar-refractivity contribution is 9.10. The highest BCUT2D eigenvalue weighted by Gasteiger charge is 2.20. The molecule has 0 N–H and O–H groups in total. The van der Waals surface area contributed by atoms with E-state index in [-0.39, 0.29) is 24.6 Å². The summed E-state index contributed by atoms with van der Waals surface area (Å²) in [4.78, 5) is 24.5. The lowest BCUT2D eigenvalue weighted by molar-refractivity contribution is -0.385. The highest BCUT2D eigenvalue weighted by Crippen LogP contribution is 2.21. The first-order chi connectivity index (χ1) is 11.4. The van der Waals surface area contributed by atoms with Crippen molar-refractivity contribution in [3.63, 3.8) is 0 Å². The molecule has 0 spiro atoms. The average molecular weight is 395 g/mol. The smallest absolute Gasteiger partial charge is 0.273 e. The second-order valence-corrected chi connectivity index (χ2v) is 6.12. The molecule has 1 amide bonds. The Hall–Kier alpha value is -2.28. The summed E-state index contributed by atoms with van der Waals surface area (Å²) in [5.41, 5.74) is 0.651. The molecule has 0 atom stereocenters. The van der Waals surface area contributed by atoms with Crippen molar-refractivity contribution in [3.05, 3.63) is 74.0 Å². The van der Waals surface area contributed by atoms with E-state index in [0.29, 0.717) is 17.7 Å². The molecule has 0 unspecified atom stereocenters. The number of nitrogens with zero attached hydrogens (tertiary/aromatic N) is 2. The molecule has 0 aromatic heterocycles. The van der Waals surface area contributed by atoms with Crippen LogP contribution in [0.2, 0.25) is 0 Å². The molecule has 0 aliphatic carbocycles. The Kier molecular flexibility index (Phi) is 6.03. The summed E-state index contributed by atoms with van der Waals surface area (Å²) < 4.78 is 14.6. The van der Waals surface area contributed by atoms with Crippen LogP contribution < -0.4 is 0 Å². The minimum absolute atomic E-state index is 0.0875. The van der Waals surface area contributed by atoms with Gasteiger partial charge in [0.15, 0.2) is 0 Å². The van der Waals surface area contributed by atoms with E-state index in [2.05, 4.69) is 15.9 Å². The summed E-state index contributed by atoms with van der Waals surface area (Å²) in [7, 11) is 0. The number of carbonyl (C=O) groups is 1. The highest BCUT2D eigenvalue weighted by atomic mass is 79.9. The standard InChI is InChI=1S/C17H16BrFN2O3/c1-2-20(11-13-9-14(18)7-8-15(13)19)17(22)10-12-5-3-4-6-16(12)21(23)24/h3-9H,2,10-11H2,1H3. The monoisotopic (exact) mass is 394 g/mol. The molecular weight excluding hydrogens is 379 g/mol. The van der Waals surface area contributed by atoms with E-state index in [0.717, 1.165) is 4.47 Å². The van der Waals surface area contributed by atoms with Crippen LogP contribution in [0.3, 0.4) is 0 Å². The normalized spacial score (nSPS) is 10.5. The van der Waals surface area contributed by atoms with Gasteiger partial charge in [0.05, 0.1) is 11.3 Å². The lowest BCUT2D eigenvalue weighted by Crippen LogP contribution is -2.32. The summed E-state index contributed by atoms with van der Waals surface area (Å²) >= 11 is 3.28. The number of hydrogen-bond acceptors (Lipinski definition) is 3. The molecule has 0 radical (unpaired) electrons. The Balaban J connectivity index is 2.18. The number of likely N-dealkylation sites (N-methyl/N-ethyl adjacent to an activating group) is 1. The van der Waals surface area contributed by atoms with Crippen molar-refractivity contribution in [2.75, 3.05) is 6.54 Å². The zero-order chi connectivity index (χ0) is 17.7. The number of nitro groups is 1. The minimum atomic E-state index is -0.507. The third-order valence-corrected chi connectivity index (χ3v) is 4.13. The van der Waals surface area contributed by atoms with Gasteiger partial charge in [0.25, 0.3) is 5.69 Å². The van der Waals surface area contributed by atoms with Crippen LogP contribution in [-0.4, -0.2) is 22.3 Å². The molecule has 126 valence electrons. The number of amides is 1. The topological polar surface area (TPSA) is 63.5 Å². The van der Waals surface area contributed by atoms with Crippen molar-refractivity contribution in [2.45, 2.75) is 19.9 Å². The number of halogens is 2. The fourth-order valence-electron chi connectivity index (χ4n) is 2.36. The van der Waals surface area contributed by atoms with Crippen molar-refractivity contribution >= 4 is 27.5 Å². The van der Waals surface area contributed by atoms with Crippen LogP contribution in [0.1, 0.15) is 18.1 Å². The van der Waals surface area contributed by atoms with E-state index in [9.17, 15) is 19.3 Å². The molecule has 0 aliphatic rings. The van der Waals surface area contributed by atoms with Gasteiger partial charge in [-0.1, -0.05) is 34.1 Å². The van der Waals surface area contributed by atoms with Gasteiger partial charge >= 0.3 is 0 Å². The van der Waals surface area contributed by atoms with Gasteiger partial charge in [-0.05, 0) is 25.1 Å². The Morgan fingerprint density at radius 3 is 2.62 bits per heavy atom. The molecule has 5 nitrogen and oxygen atoms in total. The molecule has 0 heterocycles. The maximum atomic E-state index is 13.9. The molecule has 24 heavy (non-hydrogen) atoms. The van der Waals surface area contributed by atoms with Crippen molar-refractivity contribution < 1.29 is 14.1 Å². The first-order valence-electron chi connectivity index (χ1n) is 7.36. The molecule has 2 rings (SSSR count). The second-order valence-electron chi connectivity index (χ2n) is 5.21. The van der Waals surface area contributed by atoms with Gasteiger partial charge in [-0.25, -0.2) is 4.39 Å². The molecule has 0 aliphatic heterocycles. The summed E-state index contributed by atoms with van der Waals surface area (Å²) in [6, 6.07) is 10.7.